The second-order valence-electron chi connectivity index (χ2n) is 26.3. The predicted octanol–water partition coefficient (Wildman–Crippen LogP) is -6.60. The Morgan fingerprint density at radius 2 is 1.14 bits per heavy atom. The summed E-state index contributed by atoms with van der Waals surface area (Å²) < 4.78 is 65.6. The lowest BCUT2D eigenvalue weighted by molar-refractivity contribution is -0.403. The predicted molar refractivity (Wildman–Crippen MR) is 280 cm³/mol. The lowest BCUT2D eigenvalue weighted by atomic mass is 9.46. The molecule has 0 bridgehead atoms. The molecule has 18 N–H and O–H groups in total. The van der Waals surface area contributed by atoms with Gasteiger partial charge in [-0.1, -0.05) is 39.3 Å². The number of hydrogen-bond donors (Lipinski definition) is 18. The van der Waals surface area contributed by atoms with Crippen LogP contribution in [0.1, 0.15) is 79.1 Å². The van der Waals surface area contributed by atoms with Gasteiger partial charge in [0.25, 0.3) is 0 Å². The number of fused-ring (bicyclic) bond motifs is 7. The van der Waals surface area contributed by atoms with Crippen LogP contribution in [0.3, 0.4) is 0 Å². The second-order valence-corrected chi connectivity index (χ2v) is 26.3. The Hall–Kier alpha value is -1.42. The summed E-state index contributed by atoms with van der Waals surface area (Å²) in [6.45, 7) is 4.57. The molecule has 29 heteroatoms. The highest BCUT2D eigenvalue weighted by Gasteiger charge is 2.71. The van der Waals surface area contributed by atoms with Crippen molar-refractivity contribution in [2.24, 2.45) is 46.3 Å². The average Bonchev–Trinajstić information content (AvgIpc) is 1.70. The van der Waals surface area contributed by atoms with Crippen LogP contribution >= 0.6 is 0 Å². The fourth-order valence-electron chi connectivity index (χ4n) is 16.2. The summed E-state index contributed by atoms with van der Waals surface area (Å²) >= 11 is 0. The Kier molecular flexibility index (Phi) is 20.6. The quantitative estimate of drug-likeness (QED) is 0.0567. The van der Waals surface area contributed by atoms with Crippen molar-refractivity contribution in [3.63, 3.8) is 0 Å². The smallest absolute Gasteiger partial charge is 0.187 e. The molecular formula is C56H92O29. The van der Waals surface area contributed by atoms with Gasteiger partial charge < -0.3 is 144 Å². The fourth-order valence-corrected chi connectivity index (χ4v) is 16.2. The Balaban J connectivity index is 0.781. The van der Waals surface area contributed by atoms with Crippen LogP contribution in [0.15, 0.2) is 11.6 Å². The van der Waals surface area contributed by atoms with Crippen molar-refractivity contribution in [1.82, 2.24) is 0 Å². The largest absolute Gasteiger partial charge is 0.394 e. The summed E-state index contributed by atoms with van der Waals surface area (Å²) in [5.74, 6) is -1.76. The van der Waals surface area contributed by atoms with Gasteiger partial charge in [-0.05, 0) is 74.0 Å². The molecule has 2 unspecified atom stereocenters. The molecule has 0 spiro atoms. The molecule has 10 aliphatic rings. The minimum Gasteiger partial charge on any atom is -0.394 e. The van der Waals surface area contributed by atoms with E-state index in [1.807, 2.05) is 13.8 Å². The van der Waals surface area contributed by atoms with E-state index in [2.05, 4.69) is 19.9 Å². The van der Waals surface area contributed by atoms with Gasteiger partial charge in [-0.25, -0.2) is 0 Å². The molecular weight excluding hydrogens is 1140 g/mol. The van der Waals surface area contributed by atoms with Crippen molar-refractivity contribution in [2.45, 2.75) is 251 Å². The van der Waals surface area contributed by atoms with Gasteiger partial charge in [0.2, 0.25) is 0 Å². The highest BCUT2D eigenvalue weighted by atomic mass is 16.8. The van der Waals surface area contributed by atoms with Crippen LogP contribution in [-0.2, 0) is 52.1 Å². The van der Waals surface area contributed by atoms with Gasteiger partial charge >= 0.3 is 0 Å². The highest BCUT2D eigenvalue weighted by molar-refractivity contribution is 5.27. The molecule has 3 saturated carbocycles. The van der Waals surface area contributed by atoms with Crippen LogP contribution in [0, 0.1) is 46.3 Å². The average molecular weight is 1230 g/mol. The molecule has 490 valence electrons. The van der Waals surface area contributed by atoms with E-state index in [4.69, 9.17) is 52.1 Å². The molecule has 6 saturated heterocycles. The maximum atomic E-state index is 12.4. The molecule has 9 fully saturated rings. The second kappa shape index (κ2) is 26.3. The van der Waals surface area contributed by atoms with E-state index in [-0.39, 0.29) is 60.1 Å². The monoisotopic (exact) mass is 1230 g/mol. The number of hydrogen-bond acceptors (Lipinski definition) is 29. The normalized spacial score (nSPS) is 54.8. The number of aliphatic hydroxyl groups is 18. The Labute approximate surface area is 491 Å². The minimum atomic E-state index is -2.04. The third kappa shape index (κ3) is 12.1. The molecule has 0 radical (unpaired) electrons. The molecule has 85 heavy (non-hydrogen) atoms. The molecule has 0 aromatic carbocycles. The fraction of sp³-hybridized carbons (Fsp3) is 0.964. The maximum absolute atomic E-state index is 12.4. The topological polar surface area (TPSA) is 466 Å². The van der Waals surface area contributed by atoms with Gasteiger partial charge in [-0.2, -0.15) is 0 Å². The van der Waals surface area contributed by atoms with Gasteiger partial charge in [0.05, 0.1) is 58.0 Å². The van der Waals surface area contributed by atoms with Gasteiger partial charge in [0, 0.05) is 23.7 Å². The first-order valence-electron chi connectivity index (χ1n) is 30.1. The summed E-state index contributed by atoms with van der Waals surface area (Å²) in [5, 5.41) is 194. The first-order valence-corrected chi connectivity index (χ1v) is 30.1. The molecule has 36 atom stereocenters. The lowest BCUT2D eigenvalue weighted by Crippen LogP contribution is -2.68. The number of rotatable bonds is 18. The van der Waals surface area contributed by atoms with Gasteiger partial charge in [-0.3, -0.25) is 0 Å². The zero-order valence-electron chi connectivity index (χ0n) is 48.1. The summed E-state index contributed by atoms with van der Waals surface area (Å²) in [6.07, 6.45) is -36.2. The van der Waals surface area contributed by atoms with Gasteiger partial charge in [0.15, 0.2) is 37.2 Å². The lowest BCUT2D eigenvalue weighted by Gasteiger charge is -2.60. The third-order valence-electron chi connectivity index (χ3n) is 21.4. The minimum absolute atomic E-state index is 0.0740. The molecule has 0 amide bonds. The van der Waals surface area contributed by atoms with Crippen molar-refractivity contribution in [2.75, 3.05) is 39.6 Å². The molecule has 10 rings (SSSR count). The number of ether oxygens (including phenoxy) is 11. The number of allylic oxidation sites excluding steroid dienone is 1. The van der Waals surface area contributed by atoms with E-state index >= 15 is 0 Å². The maximum Gasteiger partial charge on any atom is 0.187 e. The first kappa shape index (κ1) is 66.5. The van der Waals surface area contributed by atoms with E-state index < -0.39 is 204 Å². The van der Waals surface area contributed by atoms with Crippen molar-refractivity contribution >= 4 is 0 Å². The van der Waals surface area contributed by atoms with E-state index in [0.29, 0.717) is 38.5 Å². The Bertz CT molecular complexity index is 2240. The molecule has 0 aromatic heterocycles. The molecule has 4 aliphatic carbocycles. The molecule has 6 heterocycles. The summed E-state index contributed by atoms with van der Waals surface area (Å²) in [5.41, 5.74) is 0.194. The van der Waals surface area contributed by atoms with Crippen LogP contribution in [0.4, 0.5) is 0 Å². The van der Waals surface area contributed by atoms with E-state index in [1.165, 1.54) is 0 Å². The Morgan fingerprint density at radius 1 is 0.588 bits per heavy atom. The first-order chi connectivity index (χ1) is 40.2. The van der Waals surface area contributed by atoms with E-state index in [1.54, 1.807) is 0 Å². The summed E-state index contributed by atoms with van der Waals surface area (Å²) in [4.78, 5) is 0. The van der Waals surface area contributed by atoms with Crippen LogP contribution < -0.4 is 0 Å². The molecule has 29 nitrogen and oxygen atoms in total. The van der Waals surface area contributed by atoms with Crippen LogP contribution in [0.2, 0.25) is 0 Å². The Morgan fingerprint density at radius 3 is 1.80 bits per heavy atom. The molecule has 0 aromatic rings. The summed E-state index contributed by atoms with van der Waals surface area (Å²) in [7, 11) is 0. The molecule has 6 aliphatic heterocycles. The van der Waals surface area contributed by atoms with E-state index in [9.17, 15) is 91.9 Å². The van der Waals surface area contributed by atoms with Crippen LogP contribution in [0.25, 0.3) is 0 Å². The van der Waals surface area contributed by atoms with Crippen molar-refractivity contribution in [1.29, 1.82) is 0 Å². The summed E-state index contributed by atoms with van der Waals surface area (Å²) in [6, 6.07) is 0. The SMILES string of the molecule is C[C@@H](CC[C@@]1(O)O[C@H]2C[C@H]3[C@@H]4CC=C5C[C@@H](O[C@@H]6O[C@H](CO)[C@H](O[C@@H]7O[C@H](CO)[C@@H](O)[C@H](O[C@@H]8OC[C@@H](O)C(O)[C@H]8O)[C@H]7O[C@@H]7O[C@H](CO)[C@@H](O)[C@H](O)[C@H]7O)[C@H](O)[C@H]6O)CC[C@]5(C)[C@H]4CC(O)[C@]3(C)[C@H]2[C@@H]1C)CO[C@@H]1O[C@H](CO)[C@@H](O)[C@H](O)[C@H]1O. The van der Waals surface area contributed by atoms with Gasteiger partial charge in [0.1, 0.15) is 116 Å². The van der Waals surface area contributed by atoms with Crippen LogP contribution in [-0.4, -0.2) is 303 Å². The van der Waals surface area contributed by atoms with Crippen molar-refractivity contribution < 1.29 is 144 Å². The highest BCUT2D eigenvalue weighted by Crippen LogP contribution is 2.70. The van der Waals surface area contributed by atoms with Gasteiger partial charge in [-0.15, -0.1) is 0 Å². The standard InChI is InChI=1S/C56H92O29/c1-20(18-75-49-43(71)39(67)36(64)29(14-57)78-49)7-10-56(74)21(2)34-28(85-56)12-26-24-6-5-22-11-23(8-9-54(22,3)25(24)13-33(62)55(26,34)4)77-51-45(73)41(69)46(32(17-60)81-51)82-53-48(84-52-44(72)40(68)37(65)30(15-58)79-52)47(38(66)31(16-59)80-53)83-50-42(70)35(63)27(61)19-76-50/h5,20-21,23-53,57-74H,6-19H2,1-4H3/t20-,21-,23-,24+,25-,26-,27+,28-,29+,30+,31+,32+,33?,34-,35?,36+,37+,38+,39-,40-,41+,42+,43+,44+,45+,46-,47-,48+,49+,50-,51+,52-,53-,54-,55+,56+/m0/s1. The van der Waals surface area contributed by atoms with E-state index in [0.717, 1.165) is 12.0 Å². The van der Waals surface area contributed by atoms with Crippen molar-refractivity contribution in [3.8, 4) is 0 Å². The third-order valence-corrected chi connectivity index (χ3v) is 21.4. The number of aliphatic hydroxyl groups excluding tert-OH is 17. The zero-order chi connectivity index (χ0) is 61.5. The zero-order valence-corrected chi connectivity index (χ0v) is 48.1. The van der Waals surface area contributed by atoms with Crippen LogP contribution in [0.5, 0.6) is 0 Å². The van der Waals surface area contributed by atoms with Crippen molar-refractivity contribution in [3.05, 3.63) is 11.6 Å².